The first-order valence-corrected chi connectivity index (χ1v) is 10.6. The number of para-hydroxylation sites is 2. The molecule has 6 nitrogen and oxygen atoms in total. The number of hydrogen-bond acceptors (Lipinski definition) is 4. The summed E-state index contributed by atoms with van der Waals surface area (Å²) < 4.78 is 5.75. The molecule has 2 atom stereocenters. The van der Waals surface area contributed by atoms with Crippen LogP contribution in [-0.2, 0) is 9.59 Å². The van der Waals surface area contributed by atoms with E-state index in [0.717, 1.165) is 50.2 Å². The lowest BCUT2D eigenvalue weighted by atomic mass is 9.58. The van der Waals surface area contributed by atoms with Crippen LogP contribution in [0.25, 0.3) is 0 Å². The summed E-state index contributed by atoms with van der Waals surface area (Å²) in [5.74, 6) is -0.230. The van der Waals surface area contributed by atoms with Crippen molar-refractivity contribution in [1.82, 2.24) is 4.90 Å². The highest BCUT2D eigenvalue weighted by atomic mass is 16.5. The van der Waals surface area contributed by atoms with E-state index in [0.29, 0.717) is 19.7 Å². The van der Waals surface area contributed by atoms with E-state index in [-0.39, 0.29) is 23.7 Å². The lowest BCUT2D eigenvalue weighted by Crippen LogP contribution is -2.56. The Morgan fingerprint density at radius 1 is 1.00 bits per heavy atom. The number of ether oxygens (including phenoxy) is 1. The van der Waals surface area contributed by atoms with Gasteiger partial charge in [-0.3, -0.25) is 9.59 Å². The van der Waals surface area contributed by atoms with Crippen LogP contribution in [0.2, 0.25) is 0 Å². The summed E-state index contributed by atoms with van der Waals surface area (Å²) in [5.41, 5.74) is 1.07. The molecule has 2 bridgehead atoms. The molecule has 0 aromatic heterocycles. The van der Waals surface area contributed by atoms with Crippen LogP contribution >= 0.6 is 0 Å². The van der Waals surface area contributed by atoms with Gasteiger partial charge in [0, 0.05) is 26.2 Å². The number of anilines is 1. The fourth-order valence-corrected chi connectivity index (χ4v) is 5.53. The minimum absolute atomic E-state index is 0.0690. The van der Waals surface area contributed by atoms with Crippen molar-refractivity contribution >= 4 is 17.6 Å². The monoisotopic (exact) mass is 386 g/mol. The van der Waals surface area contributed by atoms with Crippen LogP contribution in [0.4, 0.5) is 5.69 Å². The Bertz CT molecular complexity index is 721. The quantitative estimate of drug-likeness (QED) is 0.843. The number of carboxylic acid groups (broad SMARTS) is 1. The van der Waals surface area contributed by atoms with Crippen LogP contribution in [0.1, 0.15) is 32.6 Å². The molecule has 1 amide bonds. The van der Waals surface area contributed by atoms with Crippen LogP contribution in [0.15, 0.2) is 24.3 Å². The average molecular weight is 386 g/mol. The Morgan fingerprint density at radius 2 is 1.61 bits per heavy atom. The van der Waals surface area contributed by atoms with Gasteiger partial charge in [-0.2, -0.15) is 0 Å². The molecule has 6 heteroatoms. The van der Waals surface area contributed by atoms with Crippen molar-refractivity contribution in [2.75, 3.05) is 37.7 Å². The lowest BCUT2D eigenvalue weighted by molar-refractivity contribution is -0.162. The zero-order valence-corrected chi connectivity index (χ0v) is 16.5. The third-order valence-corrected chi connectivity index (χ3v) is 6.89. The van der Waals surface area contributed by atoms with Crippen LogP contribution in [0, 0.1) is 23.7 Å². The number of nitrogens with zero attached hydrogens (tertiary/aromatic N) is 2. The minimum atomic E-state index is -0.781. The van der Waals surface area contributed by atoms with Crippen molar-refractivity contribution in [1.29, 1.82) is 0 Å². The minimum Gasteiger partial charge on any atom is -0.492 e. The number of carbonyl (C=O) groups is 2. The average Bonchev–Trinajstić information content (AvgIpc) is 2.74. The second-order valence-electron chi connectivity index (χ2n) is 8.28. The van der Waals surface area contributed by atoms with Gasteiger partial charge in [-0.15, -0.1) is 0 Å². The van der Waals surface area contributed by atoms with E-state index in [1.54, 1.807) is 0 Å². The van der Waals surface area contributed by atoms with Gasteiger partial charge in [-0.05, 0) is 56.6 Å². The van der Waals surface area contributed by atoms with Crippen LogP contribution in [0.3, 0.4) is 0 Å². The third-order valence-electron chi connectivity index (χ3n) is 6.89. The molecule has 3 aliphatic carbocycles. The number of carbonyl (C=O) groups excluding carboxylic acids is 1. The first-order chi connectivity index (χ1) is 13.6. The molecule has 4 fully saturated rings. The van der Waals surface area contributed by atoms with Gasteiger partial charge in [0.05, 0.1) is 24.1 Å². The summed E-state index contributed by atoms with van der Waals surface area (Å²) in [7, 11) is 0. The maximum Gasteiger partial charge on any atom is 0.307 e. The highest BCUT2D eigenvalue weighted by Crippen LogP contribution is 2.49. The van der Waals surface area contributed by atoms with E-state index in [9.17, 15) is 14.7 Å². The van der Waals surface area contributed by atoms with Crippen molar-refractivity contribution in [2.24, 2.45) is 23.7 Å². The van der Waals surface area contributed by atoms with Gasteiger partial charge in [0.15, 0.2) is 0 Å². The molecule has 28 heavy (non-hydrogen) atoms. The standard InChI is InChI=1S/C22H30N2O4/c1-2-28-18-6-4-3-5-17(18)23-11-13-24(14-12-23)21(25)19-15-7-9-16(10-8-15)20(19)22(26)27/h3-6,15-16,19-20H,2,7-14H2,1H3,(H,26,27)/t15?,16?,19-,20+/m0/s1. The summed E-state index contributed by atoms with van der Waals surface area (Å²) in [6.07, 6.45) is 3.94. The molecule has 1 heterocycles. The highest BCUT2D eigenvalue weighted by Gasteiger charge is 2.51. The Hall–Kier alpha value is -2.24. The van der Waals surface area contributed by atoms with Crippen molar-refractivity contribution < 1.29 is 19.4 Å². The van der Waals surface area contributed by atoms with Gasteiger partial charge >= 0.3 is 5.97 Å². The van der Waals surface area contributed by atoms with E-state index < -0.39 is 11.9 Å². The Balaban J connectivity index is 1.44. The molecule has 152 valence electrons. The molecule has 1 saturated heterocycles. The number of carboxylic acids is 1. The molecule has 0 spiro atoms. The van der Waals surface area contributed by atoms with Crippen molar-refractivity contribution in [2.45, 2.75) is 32.6 Å². The third kappa shape index (κ3) is 3.45. The Kier molecular flexibility index (Phi) is 5.47. The van der Waals surface area contributed by atoms with Crippen LogP contribution in [0.5, 0.6) is 5.75 Å². The fourth-order valence-electron chi connectivity index (χ4n) is 5.53. The van der Waals surface area contributed by atoms with Crippen molar-refractivity contribution in [3.8, 4) is 5.75 Å². The predicted octanol–water partition coefficient (Wildman–Crippen LogP) is 2.87. The first-order valence-electron chi connectivity index (χ1n) is 10.6. The van der Waals surface area contributed by atoms with Gasteiger partial charge in [0.2, 0.25) is 5.91 Å². The van der Waals surface area contributed by atoms with Crippen molar-refractivity contribution in [3.05, 3.63) is 24.3 Å². The smallest absolute Gasteiger partial charge is 0.307 e. The molecular formula is C22H30N2O4. The van der Waals surface area contributed by atoms with Crippen LogP contribution < -0.4 is 9.64 Å². The SMILES string of the molecule is CCOc1ccccc1N1CCN(C(=O)[C@H]2C3CCC(CC3)[C@H]2C(=O)O)CC1. The van der Waals surface area contributed by atoms with E-state index in [2.05, 4.69) is 11.0 Å². The zero-order chi connectivity index (χ0) is 19.7. The lowest BCUT2D eigenvalue weighted by Gasteiger charge is -2.48. The number of fused-ring (bicyclic) bond motifs is 3. The number of piperazine rings is 1. The normalized spacial score (nSPS) is 29.6. The molecule has 1 aromatic rings. The second-order valence-corrected chi connectivity index (χ2v) is 8.28. The number of hydrogen-bond donors (Lipinski definition) is 1. The summed E-state index contributed by atoms with van der Waals surface area (Å²) in [6.45, 7) is 5.36. The van der Waals surface area contributed by atoms with Gasteiger partial charge in [0.1, 0.15) is 5.75 Å². The maximum atomic E-state index is 13.3. The summed E-state index contributed by atoms with van der Waals surface area (Å²) in [6, 6.07) is 8.01. The molecule has 4 aliphatic rings. The zero-order valence-electron chi connectivity index (χ0n) is 16.5. The van der Waals surface area contributed by atoms with Gasteiger partial charge in [-0.1, -0.05) is 12.1 Å². The summed E-state index contributed by atoms with van der Waals surface area (Å²) >= 11 is 0. The van der Waals surface area contributed by atoms with E-state index in [1.807, 2.05) is 30.0 Å². The molecule has 3 saturated carbocycles. The first kappa shape index (κ1) is 19.1. The van der Waals surface area contributed by atoms with Gasteiger partial charge < -0.3 is 19.6 Å². The summed E-state index contributed by atoms with van der Waals surface area (Å²) in [5, 5.41) is 9.76. The summed E-state index contributed by atoms with van der Waals surface area (Å²) in [4.78, 5) is 29.3. The molecule has 1 aromatic carbocycles. The molecular weight excluding hydrogens is 356 g/mol. The molecule has 1 aliphatic heterocycles. The number of rotatable bonds is 5. The molecule has 0 radical (unpaired) electrons. The number of aliphatic carboxylic acids is 1. The van der Waals surface area contributed by atoms with Crippen molar-refractivity contribution in [3.63, 3.8) is 0 Å². The number of amides is 1. The molecule has 0 unspecified atom stereocenters. The predicted molar refractivity (Wildman–Crippen MR) is 106 cm³/mol. The second kappa shape index (κ2) is 8.02. The maximum absolute atomic E-state index is 13.3. The Morgan fingerprint density at radius 3 is 2.21 bits per heavy atom. The van der Waals surface area contributed by atoms with Crippen LogP contribution in [-0.4, -0.2) is 54.7 Å². The fraction of sp³-hybridized carbons (Fsp3) is 0.636. The Labute approximate surface area is 166 Å². The number of benzene rings is 1. The molecule has 5 rings (SSSR count). The van der Waals surface area contributed by atoms with Gasteiger partial charge in [0.25, 0.3) is 0 Å². The largest absolute Gasteiger partial charge is 0.492 e. The van der Waals surface area contributed by atoms with Gasteiger partial charge in [-0.25, -0.2) is 0 Å². The topological polar surface area (TPSA) is 70.1 Å². The van der Waals surface area contributed by atoms with E-state index in [1.165, 1.54) is 0 Å². The highest BCUT2D eigenvalue weighted by molar-refractivity contribution is 5.86. The van der Waals surface area contributed by atoms with E-state index in [4.69, 9.17) is 4.74 Å². The molecule has 1 N–H and O–H groups in total. The van der Waals surface area contributed by atoms with E-state index >= 15 is 0 Å².